The normalized spacial score (nSPS) is 28.6. The topological polar surface area (TPSA) is 79.3 Å². The molecule has 3 heterocycles. The van der Waals surface area contributed by atoms with Crippen LogP contribution in [-0.2, 0) is 22.6 Å². The molecule has 0 aromatic heterocycles. The summed E-state index contributed by atoms with van der Waals surface area (Å²) in [7, 11) is 0. The molecular formula is C44H48N2O5. The van der Waals surface area contributed by atoms with Crippen LogP contribution in [0, 0.1) is 16.7 Å². The molecule has 7 heteroatoms. The molecule has 51 heavy (non-hydrogen) atoms. The Hall–Kier alpha value is -4.14. The van der Waals surface area contributed by atoms with Crippen molar-refractivity contribution in [3.05, 3.63) is 130 Å². The van der Waals surface area contributed by atoms with E-state index in [2.05, 4.69) is 75.1 Å². The van der Waals surface area contributed by atoms with Gasteiger partial charge in [-0.1, -0.05) is 100 Å². The lowest BCUT2D eigenvalue weighted by molar-refractivity contribution is -0.276. The lowest BCUT2D eigenvalue weighted by atomic mass is 9.65. The van der Waals surface area contributed by atoms with E-state index in [1.54, 1.807) is 24.3 Å². The fourth-order valence-corrected chi connectivity index (χ4v) is 9.63. The van der Waals surface area contributed by atoms with Crippen LogP contribution in [0.1, 0.15) is 102 Å². The molecule has 0 radical (unpaired) electrons. The number of ether oxygens (including phenoxy) is 2. The molecule has 2 saturated heterocycles. The predicted molar refractivity (Wildman–Crippen MR) is 197 cm³/mol. The first-order valence-electron chi connectivity index (χ1n) is 18.4. The van der Waals surface area contributed by atoms with Gasteiger partial charge in [0, 0.05) is 30.6 Å². The minimum Gasteiger partial charge on any atom is -0.392 e. The molecule has 7 nitrogen and oxygen atoms in total. The molecule has 6 atom stereocenters. The largest absolute Gasteiger partial charge is 0.392 e. The van der Waals surface area contributed by atoms with Gasteiger partial charge in [-0.25, -0.2) is 0 Å². The van der Waals surface area contributed by atoms with Gasteiger partial charge in [-0.15, -0.1) is 0 Å². The second kappa shape index (κ2) is 13.1. The zero-order valence-electron chi connectivity index (χ0n) is 30.0. The molecule has 2 bridgehead atoms. The molecule has 3 aliphatic heterocycles. The van der Waals surface area contributed by atoms with Crippen molar-refractivity contribution in [3.8, 4) is 11.1 Å². The standard InChI is InChI=1S/C44H48N2O5/c1-28-38(24-45-27-44(4)22-35(45)21-43(2,3)26-44)50-42(51-39(28)31-17-15-29(25-47)16-18-31)34-12-8-11-33(20-34)32-10-7-9-30(19-32)23-46-40(48)36-13-5-6-14-37(36)41(46)49/h5-20,28,35,38-39,42,47H,21-27H2,1-4H3/t28-,35?,38+,39+,42+,44?/m0/s1. The molecule has 8 rings (SSSR count). The number of fused-ring (bicyclic) bond motifs is 3. The number of hydrogen-bond acceptors (Lipinski definition) is 6. The van der Waals surface area contributed by atoms with Crippen molar-refractivity contribution in [1.82, 2.24) is 9.80 Å². The maximum absolute atomic E-state index is 13.1. The van der Waals surface area contributed by atoms with Crippen molar-refractivity contribution >= 4 is 11.8 Å². The molecule has 4 aromatic carbocycles. The Morgan fingerprint density at radius 3 is 2.16 bits per heavy atom. The van der Waals surface area contributed by atoms with Gasteiger partial charge in [-0.2, -0.15) is 0 Å². The van der Waals surface area contributed by atoms with E-state index < -0.39 is 6.29 Å². The number of imide groups is 1. The van der Waals surface area contributed by atoms with Crippen LogP contribution in [0.5, 0.6) is 0 Å². The predicted octanol–water partition coefficient (Wildman–Crippen LogP) is 8.33. The molecule has 1 N–H and O–H groups in total. The molecule has 1 saturated carbocycles. The fraction of sp³-hybridized carbons (Fsp3) is 0.409. The van der Waals surface area contributed by atoms with Crippen molar-refractivity contribution in [2.75, 3.05) is 13.1 Å². The summed E-state index contributed by atoms with van der Waals surface area (Å²) in [4.78, 5) is 30.2. The Balaban J connectivity index is 1.06. The highest BCUT2D eigenvalue weighted by molar-refractivity contribution is 6.21. The van der Waals surface area contributed by atoms with Gasteiger partial charge in [0.15, 0.2) is 6.29 Å². The number of nitrogens with zero attached hydrogens (tertiary/aromatic N) is 2. The SMILES string of the molecule is C[C@H]1[C@@H](CN2CC3(C)CC2CC(C)(C)C3)O[C@@H](c2cccc(-c3cccc(CN4C(=O)c5ccccc5C4=O)c3)c2)O[C@H]1c1ccc(CO)cc1. The average molecular weight is 685 g/mol. The highest BCUT2D eigenvalue weighted by Gasteiger charge is 2.51. The number of aliphatic hydroxyl groups is 1. The molecule has 0 spiro atoms. The van der Waals surface area contributed by atoms with E-state index in [0.29, 0.717) is 28.0 Å². The van der Waals surface area contributed by atoms with Gasteiger partial charge in [0.2, 0.25) is 0 Å². The third kappa shape index (κ3) is 6.57. The van der Waals surface area contributed by atoms with Crippen LogP contribution in [0.15, 0.2) is 97.1 Å². The lowest BCUT2D eigenvalue weighted by Gasteiger charge is -2.43. The number of carbonyl (C=O) groups excluding carboxylic acids is 2. The number of likely N-dealkylation sites (tertiary alicyclic amines) is 1. The molecule has 2 amide bonds. The monoisotopic (exact) mass is 684 g/mol. The zero-order valence-corrected chi connectivity index (χ0v) is 30.0. The van der Waals surface area contributed by atoms with Crippen molar-refractivity contribution < 1.29 is 24.2 Å². The number of carbonyl (C=O) groups is 2. The van der Waals surface area contributed by atoms with E-state index in [1.807, 2.05) is 30.3 Å². The molecule has 4 aliphatic rings. The van der Waals surface area contributed by atoms with Crippen LogP contribution in [0.3, 0.4) is 0 Å². The zero-order chi connectivity index (χ0) is 35.5. The fourth-order valence-electron chi connectivity index (χ4n) is 9.63. The van der Waals surface area contributed by atoms with Crippen LogP contribution in [0.4, 0.5) is 0 Å². The summed E-state index contributed by atoms with van der Waals surface area (Å²) in [6.45, 7) is 11.7. The summed E-state index contributed by atoms with van der Waals surface area (Å²) in [5.74, 6) is -0.396. The highest BCUT2D eigenvalue weighted by Crippen LogP contribution is 2.53. The van der Waals surface area contributed by atoms with E-state index >= 15 is 0 Å². The van der Waals surface area contributed by atoms with Crippen LogP contribution in [0.25, 0.3) is 11.1 Å². The Bertz CT molecular complexity index is 1920. The summed E-state index contributed by atoms with van der Waals surface area (Å²) in [5, 5.41) is 9.69. The Kier molecular flexibility index (Phi) is 8.74. The number of hydrogen-bond donors (Lipinski definition) is 1. The van der Waals surface area contributed by atoms with Crippen LogP contribution in [-0.4, -0.2) is 52.0 Å². The van der Waals surface area contributed by atoms with E-state index in [1.165, 1.54) is 24.2 Å². The second-order valence-corrected chi connectivity index (χ2v) is 16.5. The average Bonchev–Trinajstić information content (AvgIpc) is 3.51. The minimum atomic E-state index is -0.566. The third-order valence-corrected chi connectivity index (χ3v) is 11.7. The summed E-state index contributed by atoms with van der Waals surface area (Å²) < 4.78 is 13.8. The number of aliphatic hydroxyl groups excluding tert-OH is 1. The Labute approximate surface area is 301 Å². The third-order valence-electron chi connectivity index (χ3n) is 11.7. The quantitative estimate of drug-likeness (QED) is 0.188. The van der Waals surface area contributed by atoms with Crippen LogP contribution >= 0.6 is 0 Å². The van der Waals surface area contributed by atoms with Gasteiger partial charge in [0.05, 0.1) is 36.5 Å². The van der Waals surface area contributed by atoms with Crippen molar-refractivity contribution in [2.24, 2.45) is 16.7 Å². The molecule has 2 unspecified atom stereocenters. The smallest absolute Gasteiger partial charge is 0.261 e. The molecular weight excluding hydrogens is 636 g/mol. The highest BCUT2D eigenvalue weighted by atomic mass is 16.7. The summed E-state index contributed by atoms with van der Waals surface area (Å²) in [6.07, 6.45) is 2.93. The minimum absolute atomic E-state index is 0.00741. The van der Waals surface area contributed by atoms with Crippen LogP contribution < -0.4 is 0 Å². The first-order valence-corrected chi connectivity index (χ1v) is 18.4. The van der Waals surface area contributed by atoms with E-state index in [0.717, 1.165) is 46.5 Å². The first-order chi connectivity index (χ1) is 24.5. The van der Waals surface area contributed by atoms with Gasteiger partial charge < -0.3 is 14.6 Å². The molecule has 3 fully saturated rings. The van der Waals surface area contributed by atoms with Crippen molar-refractivity contribution in [1.29, 1.82) is 0 Å². The maximum Gasteiger partial charge on any atom is 0.261 e. The van der Waals surface area contributed by atoms with E-state index in [9.17, 15) is 14.7 Å². The molecule has 264 valence electrons. The summed E-state index contributed by atoms with van der Waals surface area (Å²) in [5.41, 5.74) is 7.38. The van der Waals surface area contributed by atoms with Gasteiger partial charge in [-0.05, 0) is 82.2 Å². The Morgan fingerprint density at radius 2 is 1.45 bits per heavy atom. The van der Waals surface area contributed by atoms with Crippen LogP contribution in [0.2, 0.25) is 0 Å². The van der Waals surface area contributed by atoms with Gasteiger partial charge in [0.25, 0.3) is 11.8 Å². The number of benzene rings is 4. The number of rotatable bonds is 8. The molecule has 1 aliphatic carbocycles. The Morgan fingerprint density at radius 1 is 0.765 bits per heavy atom. The van der Waals surface area contributed by atoms with Gasteiger partial charge >= 0.3 is 0 Å². The molecule has 4 aromatic rings. The first kappa shape index (κ1) is 34.0. The maximum atomic E-state index is 13.1. The lowest BCUT2D eigenvalue weighted by Crippen LogP contribution is -2.46. The second-order valence-electron chi connectivity index (χ2n) is 16.5. The van der Waals surface area contributed by atoms with Crippen molar-refractivity contribution in [2.45, 2.75) is 84.6 Å². The van der Waals surface area contributed by atoms with Crippen molar-refractivity contribution in [3.63, 3.8) is 0 Å². The van der Waals surface area contributed by atoms with E-state index in [4.69, 9.17) is 9.47 Å². The number of amides is 2. The van der Waals surface area contributed by atoms with Gasteiger partial charge in [0.1, 0.15) is 0 Å². The summed E-state index contributed by atoms with van der Waals surface area (Å²) >= 11 is 0. The van der Waals surface area contributed by atoms with E-state index in [-0.39, 0.29) is 43.1 Å². The van der Waals surface area contributed by atoms with Gasteiger partial charge in [-0.3, -0.25) is 19.4 Å². The summed E-state index contributed by atoms with van der Waals surface area (Å²) in [6, 6.07) is 32.0.